The summed E-state index contributed by atoms with van der Waals surface area (Å²) in [5, 5.41) is 13.1. The fraction of sp³-hybridized carbons (Fsp3) is 0.647. The van der Waals surface area contributed by atoms with E-state index in [1.807, 2.05) is 0 Å². The van der Waals surface area contributed by atoms with Crippen LogP contribution in [0.4, 0.5) is 0 Å². The molecule has 19 heavy (non-hydrogen) atoms. The molecule has 0 bridgehead atoms. The van der Waals surface area contributed by atoms with Gasteiger partial charge in [-0.1, -0.05) is 70.4 Å². The van der Waals surface area contributed by atoms with E-state index in [0.717, 1.165) is 6.42 Å². The van der Waals surface area contributed by atoms with E-state index < -0.39 is 0 Å². The van der Waals surface area contributed by atoms with Crippen LogP contribution in [0.3, 0.4) is 0 Å². The maximum Gasteiger partial charge on any atom is 0.0587 e. The molecule has 0 aliphatic carbocycles. The maximum atomic E-state index is 9.50. The Morgan fingerprint density at radius 1 is 1.11 bits per heavy atom. The van der Waals surface area contributed by atoms with Gasteiger partial charge in [-0.3, -0.25) is 0 Å². The zero-order valence-electron chi connectivity index (χ0n) is 12.6. The molecule has 0 saturated heterocycles. The first-order valence-electron chi connectivity index (χ1n) is 7.60. The highest BCUT2D eigenvalue weighted by molar-refractivity contribution is 5.19. The van der Waals surface area contributed by atoms with Crippen LogP contribution in [0.1, 0.15) is 58.1 Å². The minimum Gasteiger partial charge on any atom is -0.395 e. The summed E-state index contributed by atoms with van der Waals surface area (Å²) in [6.07, 6.45) is 4.89. The lowest BCUT2D eigenvalue weighted by molar-refractivity contribution is 0.196. The highest BCUT2D eigenvalue weighted by Crippen LogP contribution is 2.21. The molecule has 0 radical (unpaired) electrons. The molecule has 2 atom stereocenters. The molecule has 2 heteroatoms. The molecule has 0 aliphatic heterocycles. The van der Waals surface area contributed by atoms with Gasteiger partial charge in [-0.2, -0.15) is 0 Å². The molecule has 1 aromatic rings. The van der Waals surface area contributed by atoms with Crippen molar-refractivity contribution in [2.45, 2.75) is 58.5 Å². The Bertz CT molecular complexity index is 323. The van der Waals surface area contributed by atoms with Gasteiger partial charge in [-0.05, 0) is 17.9 Å². The third-order valence-corrected chi connectivity index (χ3v) is 3.71. The van der Waals surface area contributed by atoms with Crippen molar-refractivity contribution in [3.05, 3.63) is 35.9 Å². The molecule has 108 valence electrons. The Labute approximate surface area is 118 Å². The fourth-order valence-electron chi connectivity index (χ4n) is 2.34. The van der Waals surface area contributed by atoms with E-state index in [0.29, 0.717) is 12.0 Å². The number of aliphatic hydroxyl groups is 1. The molecule has 1 aromatic carbocycles. The van der Waals surface area contributed by atoms with Crippen molar-refractivity contribution in [1.29, 1.82) is 0 Å². The monoisotopic (exact) mass is 263 g/mol. The lowest BCUT2D eigenvalue weighted by Gasteiger charge is -2.27. The standard InChI is InChI=1S/C17H29NO/c1-4-5-7-12-16(15-10-8-6-9-11-15)18-17(13-19)14(2)3/h6,8-11,14,16-19H,4-5,7,12-13H2,1-3H3/t16?,17-/m1/s1. The van der Waals surface area contributed by atoms with Crippen molar-refractivity contribution in [2.24, 2.45) is 5.92 Å². The van der Waals surface area contributed by atoms with Crippen LogP contribution in [-0.4, -0.2) is 17.8 Å². The fourth-order valence-corrected chi connectivity index (χ4v) is 2.34. The van der Waals surface area contributed by atoms with Crippen LogP contribution in [0.5, 0.6) is 0 Å². The maximum absolute atomic E-state index is 9.50. The zero-order chi connectivity index (χ0) is 14.1. The number of unbranched alkanes of at least 4 members (excludes halogenated alkanes) is 2. The number of benzene rings is 1. The van der Waals surface area contributed by atoms with Gasteiger partial charge in [0.15, 0.2) is 0 Å². The van der Waals surface area contributed by atoms with Gasteiger partial charge in [0, 0.05) is 12.1 Å². The molecule has 2 N–H and O–H groups in total. The van der Waals surface area contributed by atoms with Gasteiger partial charge < -0.3 is 10.4 Å². The summed E-state index contributed by atoms with van der Waals surface area (Å²) in [6, 6.07) is 11.1. The minimum absolute atomic E-state index is 0.173. The molecule has 1 unspecified atom stereocenters. The average molecular weight is 263 g/mol. The van der Waals surface area contributed by atoms with Gasteiger partial charge in [0.05, 0.1) is 6.61 Å². The SMILES string of the molecule is CCCCCC(N[C@H](CO)C(C)C)c1ccccc1. The van der Waals surface area contributed by atoms with E-state index in [1.54, 1.807) is 0 Å². The minimum atomic E-state index is 0.173. The molecule has 0 heterocycles. The van der Waals surface area contributed by atoms with Crippen molar-refractivity contribution in [1.82, 2.24) is 5.32 Å². The largest absolute Gasteiger partial charge is 0.395 e. The molecule has 1 rings (SSSR count). The van der Waals surface area contributed by atoms with Crippen molar-refractivity contribution in [3.8, 4) is 0 Å². The van der Waals surface area contributed by atoms with E-state index in [-0.39, 0.29) is 12.6 Å². The first-order chi connectivity index (χ1) is 9.19. The molecular formula is C17H29NO. The number of nitrogens with one attached hydrogen (secondary N) is 1. The molecule has 0 aliphatic rings. The van der Waals surface area contributed by atoms with Crippen LogP contribution >= 0.6 is 0 Å². The second-order valence-corrected chi connectivity index (χ2v) is 5.66. The van der Waals surface area contributed by atoms with Gasteiger partial charge in [0.25, 0.3) is 0 Å². The number of hydrogen-bond donors (Lipinski definition) is 2. The summed E-state index contributed by atoms with van der Waals surface area (Å²) in [7, 11) is 0. The Balaban J connectivity index is 2.69. The summed E-state index contributed by atoms with van der Waals surface area (Å²) in [5.41, 5.74) is 1.33. The van der Waals surface area contributed by atoms with Crippen LogP contribution in [0.15, 0.2) is 30.3 Å². The van der Waals surface area contributed by atoms with Crippen LogP contribution in [0.25, 0.3) is 0 Å². The molecule has 2 nitrogen and oxygen atoms in total. The lowest BCUT2D eigenvalue weighted by atomic mass is 9.97. The molecule has 0 saturated carbocycles. The summed E-state index contributed by atoms with van der Waals surface area (Å²) in [6.45, 7) is 6.74. The zero-order valence-corrected chi connectivity index (χ0v) is 12.6. The molecule has 0 aromatic heterocycles. The molecular weight excluding hydrogens is 234 g/mol. The topological polar surface area (TPSA) is 32.3 Å². The second-order valence-electron chi connectivity index (χ2n) is 5.66. The van der Waals surface area contributed by atoms with Crippen molar-refractivity contribution in [3.63, 3.8) is 0 Å². The van der Waals surface area contributed by atoms with Crippen LogP contribution < -0.4 is 5.32 Å². The number of hydrogen-bond acceptors (Lipinski definition) is 2. The average Bonchev–Trinajstić information content (AvgIpc) is 2.43. The molecule has 0 amide bonds. The van der Waals surface area contributed by atoms with Crippen molar-refractivity contribution in [2.75, 3.05) is 6.61 Å². The first kappa shape index (κ1) is 16.2. The Kier molecular flexibility index (Phi) is 7.76. The van der Waals surface area contributed by atoms with Crippen LogP contribution in [0.2, 0.25) is 0 Å². The Morgan fingerprint density at radius 3 is 2.32 bits per heavy atom. The summed E-state index contributed by atoms with van der Waals surface area (Å²) >= 11 is 0. The van der Waals surface area contributed by atoms with Gasteiger partial charge in [0.1, 0.15) is 0 Å². The van der Waals surface area contributed by atoms with Crippen LogP contribution in [-0.2, 0) is 0 Å². The summed E-state index contributed by atoms with van der Waals surface area (Å²) in [4.78, 5) is 0. The quantitative estimate of drug-likeness (QED) is 0.662. The highest BCUT2D eigenvalue weighted by Gasteiger charge is 2.18. The van der Waals surface area contributed by atoms with Crippen molar-refractivity contribution < 1.29 is 5.11 Å². The van der Waals surface area contributed by atoms with E-state index >= 15 is 0 Å². The van der Waals surface area contributed by atoms with Gasteiger partial charge in [-0.15, -0.1) is 0 Å². The highest BCUT2D eigenvalue weighted by atomic mass is 16.3. The van der Waals surface area contributed by atoms with Crippen LogP contribution in [0, 0.1) is 5.92 Å². The third-order valence-electron chi connectivity index (χ3n) is 3.71. The second kappa shape index (κ2) is 9.11. The van der Waals surface area contributed by atoms with E-state index in [1.165, 1.54) is 24.8 Å². The first-order valence-corrected chi connectivity index (χ1v) is 7.60. The van der Waals surface area contributed by atoms with Gasteiger partial charge in [0.2, 0.25) is 0 Å². The Morgan fingerprint density at radius 2 is 1.79 bits per heavy atom. The van der Waals surface area contributed by atoms with Crippen molar-refractivity contribution >= 4 is 0 Å². The lowest BCUT2D eigenvalue weighted by Crippen LogP contribution is -2.39. The molecule has 0 spiro atoms. The number of rotatable bonds is 9. The summed E-state index contributed by atoms with van der Waals surface area (Å²) < 4.78 is 0. The predicted octanol–water partition coefficient (Wildman–Crippen LogP) is 3.91. The predicted molar refractivity (Wildman–Crippen MR) is 82.2 cm³/mol. The van der Waals surface area contributed by atoms with E-state index in [2.05, 4.69) is 56.4 Å². The Hall–Kier alpha value is -0.860. The third kappa shape index (κ3) is 5.75. The van der Waals surface area contributed by atoms with E-state index in [4.69, 9.17) is 0 Å². The smallest absolute Gasteiger partial charge is 0.0587 e. The van der Waals surface area contributed by atoms with Gasteiger partial charge >= 0.3 is 0 Å². The van der Waals surface area contributed by atoms with Gasteiger partial charge in [-0.25, -0.2) is 0 Å². The number of aliphatic hydroxyl groups excluding tert-OH is 1. The van der Waals surface area contributed by atoms with E-state index in [9.17, 15) is 5.11 Å². The summed E-state index contributed by atoms with van der Waals surface area (Å²) in [5.74, 6) is 0.447. The molecule has 0 fully saturated rings. The normalized spacial score (nSPS) is 14.6.